The van der Waals surface area contributed by atoms with E-state index in [2.05, 4.69) is 11.0 Å². The van der Waals surface area contributed by atoms with E-state index >= 15 is 0 Å². The Labute approximate surface area is 161 Å². The molecule has 0 spiro atoms. The van der Waals surface area contributed by atoms with Gasteiger partial charge in [0.05, 0.1) is 10.2 Å². The van der Waals surface area contributed by atoms with Crippen LogP contribution in [0.1, 0.15) is 23.2 Å². The Bertz CT molecular complexity index is 959. The quantitative estimate of drug-likeness (QED) is 0.639. The highest BCUT2D eigenvalue weighted by molar-refractivity contribution is 7.22. The second-order valence-electron chi connectivity index (χ2n) is 6.95. The van der Waals surface area contributed by atoms with E-state index in [0.29, 0.717) is 19.0 Å². The van der Waals surface area contributed by atoms with Gasteiger partial charge in [0.25, 0.3) is 0 Å². The summed E-state index contributed by atoms with van der Waals surface area (Å²) >= 11 is 1.72. The predicted molar refractivity (Wildman–Crippen MR) is 106 cm³/mol. The number of aromatic nitrogens is 1. The van der Waals surface area contributed by atoms with Crippen LogP contribution in [0.2, 0.25) is 0 Å². The maximum absolute atomic E-state index is 12.9. The summed E-state index contributed by atoms with van der Waals surface area (Å²) in [6.45, 7) is 2.82. The molecule has 5 nitrogen and oxygen atoms in total. The number of benzene rings is 2. The van der Waals surface area contributed by atoms with Crippen molar-refractivity contribution in [3.63, 3.8) is 0 Å². The highest BCUT2D eigenvalue weighted by Crippen LogP contribution is 2.34. The molecule has 0 saturated carbocycles. The molecule has 27 heavy (non-hydrogen) atoms. The normalized spacial score (nSPS) is 17.3. The molecule has 5 rings (SSSR count). The van der Waals surface area contributed by atoms with Crippen LogP contribution in [0.25, 0.3) is 10.2 Å². The van der Waals surface area contributed by atoms with E-state index in [1.807, 2.05) is 36.4 Å². The molecule has 0 amide bonds. The van der Waals surface area contributed by atoms with Crippen LogP contribution in [0.3, 0.4) is 0 Å². The Balaban J connectivity index is 1.28. The predicted octanol–water partition coefficient (Wildman–Crippen LogP) is 4.17. The molecule has 138 valence electrons. The summed E-state index contributed by atoms with van der Waals surface area (Å²) in [7, 11) is 0. The SMILES string of the molecule is O=C(c1ccc2c(c1)OCCO2)C1CCN(c2nc3ccccc3s2)CC1. The first-order valence-electron chi connectivity index (χ1n) is 9.32. The lowest BCUT2D eigenvalue weighted by atomic mass is 9.89. The van der Waals surface area contributed by atoms with Gasteiger partial charge in [0, 0.05) is 24.6 Å². The van der Waals surface area contributed by atoms with Crippen LogP contribution in [0.4, 0.5) is 5.13 Å². The fourth-order valence-electron chi connectivity index (χ4n) is 3.76. The lowest BCUT2D eigenvalue weighted by Crippen LogP contribution is -2.36. The van der Waals surface area contributed by atoms with Gasteiger partial charge in [-0.05, 0) is 43.2 Å². The number of piperidine rings is 1. The van der Waals surface area contributed by atoms with Crippen molar-refractivity contribution in [3.05, 3.63) is 48.0 Å². The molecule has 0 atom stereocenters. The molecular weight excluding hydrogens is 360 g/mol. The van der Waals surface area contributed by atoms with Crippen molar-refractivity contribution >= 4 is 32.5 Å². The zero-order valence-electron chi connectivity index (χ0n) is 14.9. The van der Waals surface area contributed by atoms with Crippen LogP contribution >= 0.6 is 11.3 Å². The lowest BCUT2D eigenvalue weighted by molar-refractivity contribution is 0.0899. The summed E-state index contributed by atoms with van der Waals surface area (Å²) in [6, 6.07) is 13.7. The number of fused-ring (bicyclic) bond motifs is 2. The molecular formula is C21H20N2O3S. The lowest BCUT2D eigenvalue weighted by Gasteiger charge is -2.31. The van der Waals surface area contributed by atoms with Gasteiger partial charge in [0.15, 0.2) is 22.4 Å². The largest absolute Gasteiger partial charge is 0.486 e. The molecule has 3 aromatic rings. The molecule has 0 aliphatic carbocycles. The van der Waals surface area contributed by atoms with E-state index in [4.69, 9.17) is 14.5 Å². The zero-order chi connectivity index (χ0) is 18.2. The third kappa shape index (κ3) is 3.14. The van der Waals surface area contributed by atoms with Crippen LogP contribution in [-0.2, 0) is 0 Å². The van der Waals surface area contributed by atoms with Crippen molar-refractivity contribution in [2.45, 2.75) is 12.8 Å². The minimum absolute atomic E-state index is 0.0539. The number of carbonyl (C=O) groups excluding carboxylic acids is 1. The summed E-state index contributed by atoms with van der Waals surface area (Å²) in [5.41, 5.74) is 1.77. The van der Waals surface area contributed by atoms with E-state index in [9.17, 15) is 4.79 Å². The number of hydrogen-bond acceptors (Lipinski definition) is 6. The number of ether oxygens (including phenoxy) is 2. The van der Waals surface area contributed by atoms with Crippen molar-refractivity contribution in [1.82, 2.24) is 4.98 Å². The molecule has 2 aliphatic rings. The van der Waals surface area contributed by atoms with E-state index in [1.165, 1.54) is 4.70 Å². The fourth-order valence-corrected chi connectivity index (χ4v) is 4.78. The summed E-state index contributed by atoms with van der Waals surface area (Å²) in [4.78, 5) is 20.0. The van der Waals surface area contributed by atoms with Crippen LogP contribution in [0.15, 0.2) is 42.5 Å². The molecule has 0 bridgehead atoms. The molecule has 1 saturated heterocycles. The van der Waals surface area contributed by atoms with Crippen molar-refractivity contribution in [2.75, 3.05) is 31.2 Å². The molecule has 1 fully saturated rings. The zero-order valence-corrected chi connectivity index (χ0v) is 15.7. The van der Waals surface area contributed by atoms with Crippen LogP contribution in [-0.4, -0.2) is 37.1 Å². The average molecular weight is 380 g/mol. The Morgan fingerprint density at radius 1 is 1.04 bits per heavy atom. The number of rotatable bonds is 3. The van der Waals surface area contributed by atoms with Gasteiger partial charge >= 0.3 is 0 Å². The maximum atomic E-state index is 12.9. The van der Waals surface area contributed by atoms with Crippen LogP contribution in [0.5, 0.6) is 11.5 Å². The summed E-state index contributed by atoms with van der Waals surface area (Å²) in [6.07, 6.45) is 1.70. The second-order valence-corrected chi connectivity index (χ2v) is 7.96. The number of nitrogens with zero attached hydrogens (tertiary/aromatic N) is 2. The molecule has 0 unspecified atom stereocenters. The molecule has 2 aliphatic heterocycles. The molecule has 6 heteroatoms. The fraction of sp³-hybridized carbons (Fsp3) is 0.333. The Morgan fingerprint density at radius 3 is 2.63 bits per heavy atom. The van der Waals surface area contributed by atoms with E-state index in [-0.39, 0.29) is 11.7 Å². The molecule has 0 N–H and O–H groups in total. The van der Waals surface area contributed by atoms with Crippen molar-refractivity contribution < 1.29 is 14.3 Å². The first-order valence-corrected chi connectivity index (χ1v) is 10.1. The van der Waals surface area contributed by atoms with E-state index in [0.717, 1.165) is 47.9 Å². The van der Waals surface area contributed by atoms with Gasteiger partial charge in [-0.15, -0.1) is 0 Å². The molecule has 3 heterocycles. The molecule has 2 aromatic carbocycles. The Hall–Kier alpha value is -2.60. The smallest absolute Gasteiger partial charge is 0.186 e. The van der Waals surface area contributed by atoms with Gasteiger partial charge in [0.1, 0.15) is 13.2 Å². The molecule has 0 radical (unpaired) electrons. The topological polar surface area (TPSA) is 51.7 Å². The number of thiazole rings is 1. The highest BCUT2D eigenvalue weighted by Gasteiger charge is 2.28. The number of anilines is 1. The van der Waals surface area contributed by atoms with Crippen LogP contribution < -0.4 is 14.4 Å². The average Bonchev–Trinajstić information content (AvgIpc) is 3.17. The molecule has 1 aromatic heterocycles. The van der Waals surface area contributed by atoms with Crippen molar-refractivity contribution in [3.8, 4) is 11.5 Å². The van der Waals surface area contributed by atoms with Gasteiger partial charge in [-0.25, -0.2) is 4.98 Å². The van der Waals surface area contributed by atoms with E-state index < -0.39 is 0 Å². The number of ketones is 1. The van der Waals surface area contributed by atoms with Gasteiger partial charge in [-0.3, -0.25) is 4.79 Å². The number of hydrogen-bond donors (Lipinski definition) is 0. The summed E-state index contributed by atoms with van der Waals surface area (Å²) in [5.74, 6) is 1.66. The minimum atomic E-state index is 0.0539. The van der Waals surface area contributed by atoms with Crippen LogP contribution in [0, 0.1) is 5.92 Å². The number of Topliss-reactive ketones (excluding diaryl/α,β-unsaturated/α-hetero) is 1. The third-order valence-corrected chi connectivity index (χ3v) is 6.34. The van der Waals surface area contributed by atoms with Gasteiger partial charge in [0.2, 0.25) is 0 Å². The van der Waals surface area contributed by atoms with Crippen molar-refractivity contribution in [1.29, 1.82) is 0 Å². The van der Waals surface area contributed by atoms with Gasteiger partial charge in [-0.1, -0.05) is 23.5 Å². The number of carbonyl (C=O) groups is 1. The van der Waals surface area contributed by atoms with Gasteiger partial charge in [-0.2, -0.15) is 0 Å². The van der Waals surface area contributed by atoms with Gasteiger partial charge < -0.3 is 14.4 Å². The maximum Gasteiger partial charge on any atom is 0.186 e. The Kier molecular flexibility index (Phi) is 4.20. The summed E-state index contributed by atoms with van der Waals surface area (Å²) in [5, 5.41) is 1.06. The third-order valence-electron chi connectivity index (χ3n) is 5.25. The first-order chi connectivity index (χ1) is 13.3. The minimum Gasteiger partial charge on any atom is -0.486 e. The summed E-state index contributed by atoms with van der Waals surface area (Å²) < 4.78 is 12.4. The standard InChI is InChI=1S/C21H20N2O3S/c24-20(15-5-6-17-18(13-15)26-12-11-25-17)14-7-9-23(10-8-14)21-22-16-3-1-2-4-19(16)27-21/h1-6,13-14H,7-12H2. The Morgan fingerprint density at radius 2 is 1.81 bits per heavy atom. The monoisotopic (exact) mass is 380 g/mol. The van der Waals surface area contributed by atoms with Crippen molar-refractivity contribution in [2.24, 2.45) is 5.92 Å². The highest BCUT2D eigenvalue weighted by atomic mass is 32.1. The first kappa shape index (κ1) is 16.6. The second kappa shape index (κ2) is 6.85. The number of para-hydroxylation sites is 1. The van der Waals surface area contributed by atoms with E-state index in [1.54, 1.807) is 11.3 Å².